The lowest BCUT2D eigenvalue weighted by Crippen LogP contribution is -2.50. The smallest absolute Gasteiger partial charge is 0.191 e. The van der Waals surface area contributed by atoms with E-state index in [1.165, 1.54) is 5.56 Å². The molecule has 0 radical (unpaired) electrons. The maximum atomic E-state index is 13.7. The molecular formula is C27H25NO. The molecule has 2 heteroatoms. The van der Waals surface area contributed by atoms with E-state index < -0.39 is 5.54 Å². The Kier molecular flexibility index (Phi) is 5.18. The molecule has 0 N–H and O–H groups in total. The average molecular weight is 380 g/mol. The van der Waals surface area contributed by atoms with Crippen molar-refractivity contribution in [1.82, 2.24) is 0 Å². The minimum absolute atomic E-state index is 0.154. The van der Waals surface area contributed by atoms with Gasteiger partial charge in [0.15, 0.2) is 5.78 Å². The largest absolute Gasteiger partial charge is 0.353 e. The lowest BCUT2D eigenvalue weighted by atomic mass is 9.81. The van der Waals surface area contributed by atoms with Gasteiger partial charge < -0.3 is 4.90 Å². The summed E-state index contributed by atoms with van der Waals surface area (Å²) in [5.74, 6) is 0.154. The fourth-order valence-electron chi connectivity index (χ4n) is 4.33. The van der Waals surface area contributed by atoms with Gasteiger partial charge in [0.2, 0.25) is 0 Å². The van der Waals surface area contributed by atoms with E-state index in [2.05, 4.69) is 42.3 Å². The van der Waals surface area contributed by atoms with Gasteiger partial charge in [-0.2, -0.15) is 0 Å². The highest BCUT2D eigenvalue weighted by Gasteiger charge is 2.50. The third-order valence-corrected chi connectivity index (χ3v) is 5.73. The number of Topliss-reactive ketones (excluding diaryl/α,β-unsaturated/α-hetero) is 1. The second kappa shape index (κ2) is 7.92. The molecule has 0 bridgehead atoms. The summed E-state index contributed by atoms with van der Waals surface area (Å²) in [7, 11) is 0. The van der Waals surface area contributed by atoms with Crippen molar-refractivity contribution in [2.24, 2.45) is 0 Å². The van der Waals surface area contributed by atoms with E-state index in [0.717, 1.165) is 22.4 Å². The summed E-state index contributed by atoms with van der Waals surface area (Å²) in [6.07, 6.45) is 2.99. The lowest BCUT2D eigenvalue weighted by Gasteiger charge is -2.39. The van der Waals surface area contributed by atoms with Crippen LogP contribution >= 0.6 is 0 Å². The van der Waals surface area contributed by atoms with E-state index >= 15 is 0 Å². The Hall–Kier alpha value is -3.39. The maximum Gasteiger partial charge on any atom is 0.191 e. The van der Waals surface area contributed by atoms with Crippen molar-refractivity contribution in [1.29, 1.82) is 0 Å². The lowest BCUT2D eigenvalue weighted by molar-refractivity contribution is 0.0902. The number of hydrogen-bond donors (Lipinski definition) is 0. The zero-order chi connectivity index (χ0) is 20.3. The Bertz CT molecular complexity index is 1040. The van der Waals surface area contributed by atoms with Gasteiger partial charge in [0.05, 0.1) is 0 Å². The number of carbonyl (C=O) groups excluding carboxylic acids is 1. The highest BCUT2D eigenvalue weighted by Crippen LogP contribution is 2.46. The van der Waals surface area contributed by atoms with E-state index in [4.69, 9.17) is 0 Å². The first-order chi connectivity index (χ1) is 14.2. The van der Waals surface area contributed by atoms with E-state index in [1.807, 2.05) is 66.7 Å². The molecule has 1 aliphatic heterocycles. The van der Waals surface area contributed by atoms with Gasteiger partial charge in [0, 0.05) is 24.2 Å². The third kappa shape index (κ3) is 3.42. The van der Waals surface area contributed by atoms with Crippen molar-refractivity contribution in [2.75, 3.05) is 4.90 Å². The van der Waals surface area contributed by atoms with Crippen LogP contribution in [0.1, 0.15) is 34.3 Å². The number of carbonyl (C=O) groups is 1. The molecule has 0 amide bonds. The quantitative estimate of drug-likeness (QED) is 0.449. The van der Waals surface area contributed by atoms with Gasteiger partial charge in [-0.15, -0.1) is 6.58 Å². The Morgan fingerprint density at radius 3 is 2.21 bits per heavy atom. The summed E-state index contributed by atoms with van der Waals surface area (Å²) < 4.78 is 0. The minimum Gasteiger partial charge on any atom is -0.353 e. The Morgan fingerprint density at radius 2 is 1.52 bits per heavy atom. The minimum atomic E-state index is -0.714. The van der Waals surface area contributed by atoms with Crippen LogP contribution in [0, 0.1) is 0 Å². The van der Waals surface area contributed by atoms with Crippen molar-refractivity contribution >= 4 is 17.0 Å². The van der Waals surface area contributed by atoms with Gasteiger partial charge in [-0.1, -0.05) is 85.5 Å². The van der Waals surface area contributed by atoms with E-state index in [1.54, 1.807) is 0 Å². The Labute approximate surface area is 172 Å². The molecule has 0 saturated heterocycles. The van der Waals surface area contributed by atoms with Gasteiger partial charge in [-0.05, 0) is 35.3 Å². The van der Waals surface area contributed by atoms with Crippen molar-refractivity contribution in [3.05, 3.63) is 121 Å². The van der Waals surface area contributed by atoms with Crippen LogP contribution in [0.3, 0.4) is 0 Å². The third-order valence-electron chi connectivity index (χ3n) is 5.73. The van der Waals surface area contributed by atoms with Crippen molar-refractivity contribution in [3.63, 3.8) is 0 Å². The molecule has 0 aliphatic carbocycles. The molecule has 4 rings (SSSR count). The zero-order valence-corrected chi connectivity index (χ0v) is 16.6. The zero-order valence-electron chi connectivity index (χ0n) is 16.6. The standard InChI is InChI=1S/C27H25NO/c1-3-18-27(19-21(2)23-14-8-5-9-15-23)26(29)24-16-10-11-17-25(24)28(27)20-22-12-6-4-7-13-22/h3-17H,1-2,18-20H2/t27-/m1/s1. The van der Waals surface area contributed by atoms with Crippen LogP contribution in [-0.4, -0.2) is 11.3 Å². The van der Waals surface area contributed by atoms with E-state index in [0.29, 0.717) is 19.4 Å². The predicted octanol–water partition coefficient (Wildman–Crippen LogP) is 6.31. The van der Waals surface area contributed by atoms with Gasteiger partial charge in [0.1, 0.15) is 5.54 Å². The van der Waals surface area contributed by atoms with Crippen LogP contribution in [0.2, 0.25) is 0 Å². The van der Waals surface area contributed by atoms with Crippen LogP contribution < -0.4 is 4.90 Å². The molecule has 3 aromatic rings. The molecular weight excluding hydrogens is 354 g/mol. The topological polar surface area (TPSA) is 20.3 Å². The number of fused-ring (bicyclic) bond motifs is 1. The fraction of sp³-hybridized carbons (Fsp3) is 0.148. The first-order valence-electron chi connectivity index (χ1n) is 9.95. The second-order valence-electron chi connectivity index (χ2n) is 7.59. The number of benzene rings is 3. The van der Waals surface area contributed by atoms with Crippen LogP contribution in [-0.2, 0) is 6.54 Å². The summed E-state index contributed by atoms with van der Waals surface area (Å²) in [6, 6.07) is 28.3. The molecule has 3 aromatic carbocycles. The number of ketones is 1. The summed E-state index contributed by atoms with van der Waals surface area (Å²) in [5.41, 5.74) is 4.27. The molecule has 0 unspecified atom stereocenters. The fourth-order valence-corrected chi connectivity index (χ4v) is 4.33. The van der Waals surface area contributed by atoms with Crippen molar-refractivity contribution < 1.29 is 4.79 Å². The summed E-state index contributed by atoms with van der Waals surface area (Å²) in [6.45, 7) is 8.99. The number of hydrogen-bond acceptors (Lipinski definition) is 2. The maximum absolute atomic E-state index is 13.7. The van der Waals surface area contributed by atoms with Crippen LogP contribution in [0.4, 0.5) is 5.69 Å². The number of anilines is 1. The molecule has 144 valence electrons. The molecule has 0 fully saturated rings. The van der Waals surface area contributed by atoms with Gasteiger partial charge in [-0.3, -0.25) is 4.79 Å². The number of para-hydroxylation sites is 1. The second-order valence-corrected chi connectivity index (χ2v) is 7.59. The summed E-state index contributed by atoms with van der Waals surface area (Å²) >= 11 is 0. The van der Waals surface area contributed by atoms with Crippen LogP contribution in [0.25, 0.3) is 5.57 Å². The van der Waals surface area contributed by atoms with Gasteiger partial charge in [0.25, 0.3) is 0 Å². The summed E-state index contributed by atoms with van der Waals surface area (Å²) in [5, 5.41) is 0. The first-order valence-corrected chi connectivity index (χ1v) is 9.95. The molecule has 1 aliphatic rings. The SMILES string of the molecule is C=CC[C@@]1(CC(=C)c2ccccc2)C(=O)c2ccccc2N1Cc1ccccc1. The highest BCUT2D eigenvalue weighted by molar-refractivity contribution is 6.14. The predicted molar refractivity (Wildman–Crippen MR) is 121 cm³/mol. The Morgan fingerprint density at radius 1 is 0.897 bits per heavy atom. The summed E-state index contributed by atoms with van der Waals surface area (Å²) in [4.78, 5) is 16.0. The average Bonchev–Trinajstić information content (AvgIpc) is 2.98. The van der Waals surface area contributed by atoms with Gasteiger partial charge >= 0.3 is 0 Å². The van der Waals surface area contributed by atoms with E-state index in [-0.39, 0.29) is 5.78 Å². The normalized spacial score (nSPS) is 17.8. The molecule has 1 atom stereocenters. The van der Waals surface area contributed by atoms with Crippen molar-refractivity contribution in [3.8, 4) is 0 Å². The van der Waals surface area contributed by atoms with Crippen LogP contribution in [0.5, 0.6) is 0 Å². The molecule has 0 spiro atoms. The molecule has 0 saturated carbocycles. The molecule has 1 heterocycles. The van der Waals surface area contributed by atoms with Crippen LogP contribution in [0.15, 0.2) is 104 Å². The van der Waals surface area contributed by atoms with Gasteiger partial charge in [-0.25, -0.2) is 0 Å². The Balaban J connectivity index is 1.79. The van der Waals surface area contributed by atoms with Crippen molar-refractivity contribution in [2.45, 2.75) is 24.9 Å². The van der Waals surface area contributed by atoms with E-state index in [9.17, 15) is 4.79 Å². The highest BCUT2D eigenvalue weighted by atomic mass is 16.1. The molecule has 29 heavy (non-hydrogen) atoms. The molecule has 2 nitrogen and oxygen atoms in total. The molecule has 0 aromatic heterocycles. The number of rotatable bonds is 7. The first kappa shape index (κ1) is 18.9. The number of nitrogens with zero attached hydrogens (tertiary/aromatic N) is 1. The monoisotopic (exact) mass is 379 g/mol.